The zero-order valence-electron chi connectivity index (χ0n) is 9.81. The highest BCUT2D eigenvalue weighted by Gasteiger charge is 2.25. The van der Waals surface area contributed by atoms with Crippen molar-refractivity contribution in [3.63, 3.8) is 0 Å². The van der Waals surface area contributed by atoms with Crippen molar-refractivity contribution in [2.24, 2.45) is 0 Å². The van der Waals surface area contributed by atoms with Crippen molar-refractivity contribution in [3.05, 3.63) is 39.7 Å². The van der Waals surface area contributed by atoms with Gasteiger partial charge in [-0.1, -0.05) is 22.0 Å². The molecule has 0 radical (unpaired) electrons. The van der Waals surface area contributed by atoms with Gasteiger partial charge in [0.15, 0.2) is 0 Å². The van der Waals surface area contributed by atoms with Crippen molar-refractivity contribution in [1.82, 2.24) is 9.88 Å². The van der Waals surface area contributed by atoms with Crippen molar-refractivity contribution < 1.29 is 9.21 Å². The molecule has 0 spiro atoms. The Labute approximate surface area is 113 Å². The second-order valence-corrected chi connectivity index (χ2v) is 5.17. The first-order valence-electron chi connectivity index (χ1n) is 5.62. The molecule has 1 aliphatic heterocycles. The van der Waals surface area contributed by atoms with Gasteiger partial charge >= 0.3 is 0 Å². The summed E-state index contributed by atoms with van der Waals surface area (Å²) < 4.78 is 6.78. The minimum Gasteiger partial charge on any atom is -0.439 e. The van der Waals surface area contributed by atoms with Crippen LogP contribution in [-0.4, -0.2) is 16.3 Å². The number of carbonyl (C=O) groups excluding carboxylic acids is 1. The number of oxazole rings is 1. The molecule has 5 heteroatoms. The summed E-state index contributed by atoms with van der Waals surface area (Å²) in [5, 5.41) is 0. The molecule has 2 heterocycles. The normalized spacial score (nSPS) is 13.8. The Morgan fingerprint density at radius 1 is 1.44 bits per heavy atom. The van der Waals surface area contributed by atoms with Crippen LogP contribution >= 0.6 is 15.9 Å². The van der Waals surface area contributed by atoms with E-state index in [1.165, 1.54) is 0 Å². The lowest BCUT2D eigenvalue weighted by atomic mass is 10.1. The van der Waals surface area contributed by atoms with Gasteiger partial charge in [0, 0.05) is 10.0 Å². The lowest BCUT2D eigenvalue weighted by molar-refractivity contribution is -0.118. The molecule has 0 bridgehead atoms. The summed E-state index contributed by atoms with van der Waals surface area (Å²) in [7, 11) is 0. The van der Waals surface area contributed by atoms with E-state index < -0.39 is 0 Å². The maximum Gasteiger partial charge on any atom is 0.226 e. The van der Waals surface area contributed by atoms with Gasteiger partial charge in [0.1, 0.15) is 11.5 Å². The SMILES string of the molecule is Cc1c(Br)cccc1-c1nc2c(o1)CN(C=O)C2. The minimum atomic E-state index is 0.513. The molecular weight excluding hydrogens is 296 g/mol. The van der Waals surface area contributed by atoms with Gasteiger partial charge in [-0.15, -0.1) is 0 Å². The Hall–Kier alpha value is -1.62. The standard InChI is InChI=1S/C13H11BrN2O2/c1-8-9(3-2-4-10(8)14)13-15-11-5-16(7-17)6-12(11)18-13/h2-4,7H,5-6H2,1H3. The maximum absolute atomic E-state index is 10.7. The fourth-order valence-electron chi connectivity index (χ4n) is 2.09. The monoisotopic (exact) mass is 306 g/mol. The predicted octanol–water partition coefficient (Wildman–Crippen LogP) is 2.88. The molecule has 0 saturated heterocycles. The van der Waals surface area contributed by atoms with Crippen LogP contribution in [0.3, 0.4) is 0 Å². The van der Waals surface area contributed by atoms with Crippen molar-refractivity contribution >= 4 is 22.3 Å². The Morgan fingerprint density at radius 3 is 3.00 bits per heavy atom. The number of carbonyl (C=O) groups is 1. The quantitative estimate of drug-likeness (QED) is 0.802. The predicted molar refractivity (Wildman–Crippen MR) is 69.7 cm³/mol. The van der Waals surface area contributed by atoms with Gasteiger partial charge in [-0.3, -0.25) is 4.79 Å². The van der Waals surface area contributed by atoms with Gasteiger partial charge in [-0.2, -0.15) is 0 Å². The molecule has 1 amide bonds. The van der Waals surface area contributed by atoms with E-state index in [0.29, 0.717) is 19.0 Å². The zero-order chi connectivity index (χ0) is 12.7. The summed E-state index contributed by atoms with van der Waals surface area (Å²) in [5.41, 5.74) is 2.94. The first-order valence-corrected chi connectivity index (χ1v) is 6.41. The summed E-state index contributed by atoms with van der Waals surface area (Å²) in [6.07, 6.45) is 0.821. The van der Waals surface area contributed by atoms with E-state index in [0.717, 1.165) is 33.5 Å². The van der Waals surface area contributed by atoms with E-state index >= 15 is 0 Å². The summed E-state index contributed by atoms with van der Waals surface area (Å²) in [5.74, 6) is 1.42. The van der Waals surface area contributed by atoms with Crippen LogP contribution in [0.15, 0.2) is 27.1 Å². The van der Waals surface area contributed by atoms with Gasteiger partial charge in [0.25, 0.3) is 0 Å². The van der Waals surface area contributed by atoms with E-state index in [2.05, 4.69) is 20.9 Å². The molecule has 0 fully saturated rings. The second kappa shape index (κ2) is 4.24. The Morgan fingerprint density at radius 2 is 2.28 bits per heavy atom. The van der Waals surface area contributed by atoms with Crippen LogP contribution in [0.1, 0.15) is 17.0 Å². The molecule has 0 saturated carbocycles. The van der Waals surface area contributed by atoms with Gasteiger partial charge in [0.05, 0.1) is 13.1 Å². The maximum atomic E-state index is 10.7. The lowest BCUT2D eigenvalue weighted by Gasteiger charge is -2.06. The molecule has 1 aromatic carbocycles. The average Bonchev–Trinajstić information content (AvgIpc) is 2.90. The fraction of sp³-hybridized carbons (Fsp3) is 0.231. The van der Waals surface area contributed by atoms with Crippen LogP contribution in [0.25, 0.3) is 11.5 Å². The van der Waals surface area contributed by atoms with Crippen molar-refractivity contribution in [2.45, 2.75) is 20.0 Å². The molecule has 0 N–H and O–H groups in total. The molecule has 92 valence electrons. The van der Waals surface area contributed by atoms with Crippen molar-refractivity contribution in [3.8, 4) is 11.5 Å². The molecular formula is C13H11BrN2O2. The first-order chi connectivity index (χ1) is 8.69. The van der Waals surface area contributed by atoms with Crippen LogP contribution in [0.5, 0.6) is 0 Å². The number of aromatic nitrogens is 1. The Kier molecular flexibility index (Phi) is 2.70. The number of benzene rings is 1. The van der Waals surface area contributed by atoms with Crippen LogP contribution in [-0.2, 0) is 17.9 Å². The van der Waals surface area contributed by atoms with Gasteiger partial charge < -0.3 is 9.32 Å². The number of hydrogen-bond donors (Lipinski definition) is 0. The van der Waals surface area contributed by atoms with Gasteiger partial charge in [0.2, 0.25) is 12.3 Å². The highest BCUT2D eigenvalue weighted by Crippen LogP contribution is 2.31. The molecule has 0 aliphatic carbocycles. The van der Waals surface area contributed by atoms with E-state index in [9.17, 15) is 4.79 Å². The second-order valence-electron chi connectivity index (χ2n) is 4.31. The topological polar surface area (TPSA) is 46.3 Å². The molecule has 18 heavy (non-hydrogen) atoms. The van der Waals surface area contributed by atoms with Crippen molar-refractivity contribution in [1.29, 1.82) is 0 Å². The average molecular weight is 307 g/mol. The van der Waals surface area contributed by atoms with E-state index in [-0.39, 0.29) is 0 Å². The summed E-state index contributed by atoms with van der Waals surface area (Å²) in [6.45, 7) is 3.07. The molecule has 1 aliphatic rings. The van der Waals surface area contributed by atoms with Crippen LogP contribution < -0.4 is 0 Å². The van der Waals surface area contributed by atoms with Crippen molar-refractivity contribution in [2.75, 3.05) is 0 Å². The third-order valence-electron chi connectivity index (χ3n) is 3.12. The van der Waals surface area contributed by atoms with E-state index in [1.54, 1.807) is 4.90 Å². The number of rotatable bonds is 2. The third kappa shape index (κ3) is 1.75. The number of amides is 1. The first kappa shape index (κ1) is 11.5. The van der Waals surface area contributed by atoms with Gasteiger partial charge in [-0.05, 0) is 24.6 Å². The minimum absolute atomic E-state index is 0.513. The molecule has 4 nitrogen and oxygen atoms in total. The fourth-order valence-corrected chi connectivity index (χ4v) is 2.46. The summed E-state index contributed by atoms with van der Waals surface area (Å²) in [6, 6.07) is 5.93. The molecule has 3 rings (SSSR count). The number of fused-ring (bicyclic) bond motifs is 1. The number of hydrogen-bond acceptors (Lipinski definition) is 3. The summed E-state index contributed by atoms with van der Waals surface area (Å²) >= 11 is 3.50. The Balaban J connectivity index is 2.01. The van der Waals surface area contributed by atoms with Crippen LogP contribution in [0, 0.1) is 6.92 Å². The third-order valence-corrected chi connectivity index (χ3v) is 3.98. The number of halogens is 1. The highest BCUT2D eigenvalue weighted by atomic mass is 79.9. The molecule has 1 aromatic heterocycles. The molecule has 2 aromatic rings. The lowest BCUT2D eigenvalue weighted by Crippen LogP contribution is -2.13. The highest BCUT2D eigenvalue weighted by molar-refractivity contribution is 9.10. The zero-order valence-corrected chi connectivity index (χ0v) is 11.4. The van der Waals surface area contributed by atoms with E-state index in [4.69, 9.17) is 4.42 Å². The number of nitrogens with zero attached hydrogens (tertiary/aromatic N) is 2. The molecule has 0 unspecified atom stereocenters. The van der Waals surface area contributed by atoms with Gasteiger partial charge in [-0.25, -0.2) is 4.98 Å². The molecule has 0 atom stereocenters. The van der Waals surface area contributed by atoms with Crippen LogP contribution in [0.2, 0.25) is 0 Å². The Bertz CT molecular complexity index is 598. The largest absolute Gasteiger partial charge is 0.439 e. The smallest absolute Gasteiger partial charge is 0.226 e. The van der Waals surface area contributed by atoms with E-state index in [1.807, 2.05) is 25.1 Å². The van der Waals surface area contributed by atoms with Crippen LogP contribution in [0.4, 0.5) is 0 Å². The summed E-state index contributed by atoms with van der Waals surface area (Å²) in [4.78, 5) is 16.8.